The standard InChI is InChI=1S/C8H20N2.2CH4O3S/c9-7-5-3-1-2-4-6-8-10;2*1-5(2,3)4/h1-10H2;2*1H3,(H,2,3,4). The second-order valence-corrected chi connectivity index (χ2v) is 7.10. The molecule has 0 spiro atoms. The lowest BCUT2D eigenvalue weighted by atomic mass is 10.1. The zero-order valence-electron chi connectivity index (χ0n) is 12.2. The summed E-state index contributed by atoms with van der Waals surface area (Å²) in [5.41, 5.74) is 10.7. The lowest BCUT2D eigenvalue weighted by Gasteiger charge is -1.97. The molecular formula is C10H28N2O6S2. The van der Waals surface area contributed by atoms with Crippen LogP contribution in [0.1, 0.15) is 38.5 Å². The molecule has 6 N–H and O–H groups in total. The van der Waals surface area contributed by atoms with Crippen LogP contribution < -0.4 is 11.5 Å². The van der Waals surface area contributed by atoms with Crippen molar-refractivity contribution in [2.24, 2.45) is 11.5 Å². The monoisotopic (exact) mass is 336 g/mol. The van der Waals surface area contributed by atoms with Gasteiger partial charge < -0.3 is 11.5 Å². The molecule has 0 aliphatic carbocycles. The summed E-state index contributed by atoms with van der Waals surface area (Å²) in [5, 5.41) is 0. The topological polar surface area (TPSA) is 161 Å². The van der Waals surface area contributed by atoms with Crippen LogP contribution in [-0.2, 0) is 20.2 Å². The molecule has 0 atom stereocenters. The Morgan fingerprint density at radius 1 is 0.650 bits per heavy atom. The molecule has 0 amide bonds. The van der Waals surface area contributed by atoms with Crippen LogP contribution >= 0.6 is 0 Å². The van der Waals surface area contributed by atoms with Crippen LogP contribution in [0.3, 0.4) is 0 Å². The molecule has 126 valence electrons. The maximum absolute atomic E-state index is 9.19. The Morgan fingerprint density at radius 3 is 0.950 bits per heavy atom. The van der Waals surface area contributed by atoms with E-state index < -0.39 is 20.2 Å². The molecule has 0 saturated carbocycles. The third-order valence-corrected chi connectivity index (χ3v) is 1.66. The van der Waals surface area contributed by atoms with Crippen LogP contribution in [0.15, 0.2) is 0 Å². The summed E-state index contributed by atoms with van der Waals surface area (Å²) < 4.78 is 51.7. The first kappa shape index (κ1) is 24.7. The summed E-state index contributed by atoms with van der Waals surface area (Å²) in [5.74, 6) is 0. The van der Waals surface area contributed by atoms with Gasteiger partial charge in [-0.2, -0.15) is 16.8 Å². The number of rotatable bonds is 7. The summed E-state index contributed by atoms with van der Waals surface area (Å²) in [6.45, 7) is 1.69. The van der Waals surface area contributed by atoms with Crippen molar-refractivity contribution in [1.29, 1.82) is 0 Å². The highest BCUT2D eigenvalue weighted by atomic mass is 32.2. The summed E-state index contributed by atoms with van der Waals surface area (Å²) in [6, 6.07) is 0. The fourth-order valence-electron chi connectivity index (χ4n) is 0.996. The first-order chi connectivity index (χ1) is 8.91. The highest BCUT2D eigenvalue weighted by molar-refractivity contribution is 7.85. The minimum absolute atomic E-state index is 0.715. The van der Waals surface area contributed by atoms with Crippen LogP contribution in [0.5, 0.6) is 0 Å². The van der Waals surface area contributed by atoms with Crippen molar-refractivity contribution in [1.82, 2.24) is 0 Å². The predicted octanol–water partition coefficient (Wildman–Crippen LogP) is 0.252. The molecule has 0 aromatic heterocycles. The van der Waals surface area contributed by atoms with Crippen LogP contribution in [0.25, 0.3) is 0 Å². The van der Waals surface area contributed by atoms with Gasteiger partial charge in [-0.3, -0.25) is 9.11 Å². The Hall–Kier alpha value is -0.260. The number of hydrogen-bond acceptors (Lipinski definition) is 6. The Balaban J connectivity index is -0.000000244. The average Bonchev–Trinajstić information content (AvgIpc) is 2.18. The number of unbranched alkanes of at least 4 members (excludes halogenated alkanes) is 5. The van der Waals surface area contributed by atoms with Crippen LogP contribution in [-0.4, -0.2) is 51.5 Å². The quantitative estimate of drug-likeness (QED) is 0.380. The zero-order valence-corrected chi connectivity index (χ0v) is 13.8. The molecule has 0 aromatic rings. The third-order valence-electron chi connectivity index (χ3n) is 1.66. The van der Waals surface area contributed by atoms with Crippen molar-refractivity contribution in [2.75, 3.05) is 25.6 Å². The van der Waals surface area contributed by atoms with E-state index in [4.69, 9.17) is 20.6 Å². The van der Waals surface area contributed by atoms with Crippen molar-refractivity contribution < 1.29 is 25.9 Å². The van der Waals surface area contributed by atoms with Gasteiger partial charge in [-0.25, -0.2) is 0 Å². The van der Waals surface area contributed by atoms with Gasteiger partial charge in [0.05, 0.1) is 12.5 Å². The van der Waals surface area contributed by atoms with E-state index in [0.717, 1.165) is 13.1 Å². The third kappa shape index (κ3) is 109. The molecule has 0 rings (SSSR count). The zero-order chi connectivity index (χ0) is 16.7. The largest absolute Gasteiger partial charge is 0.330 e. The van der Waals surface area contributed by atoms with E-state index in [9.17, 15) is 16.8 Å². The lowest BCUT2D eigenvalue weighted by Crippen LogP contribution is -1.99. The minimum Gasteiger partial charge on any atom is -0.330 e. The van der Waals surface area contributed by atoms with Gasteiger partial charge in [-0.15, -0.1) is 0 Å². The van der Waals surface area contributed by atoms with E-state index in [2.05, 4.69) is 0 Å². The molecule has 20 heavy (non-hydrogen) atoms. The molecule has 0 bridgehead atoms. The summed E-state index contributed by atoms with van der Waals surface area (Å²) in [6.07, 6.45) is 9.04. The van der Waals surface area contributed by atoms with Crippen molar-refractivity contribution in [3.8, 4) is 0 Å². The maximum atomic E-state index is 9.19. The summed E-state index contributed by atoms with van der Waals surface area (Å²) in [7, 11) is -7.33. The first-order valence-electron chi connectivity index (χ1n) is 6.16. The molecule has 0 aromatic carbocycles. The fraction of sp³-hybridized carbons (Fsp3) is 1.00. The molecule has 0 saturated heterocycles. The average molecular weight is 336 g/mol. The van der Waals surface area contributed by atoms with E-state index in [1.54, 1.807) is 0 Å². The smallest absolute Gasteiger partial charge is 0.261 e. The van der Waals surface area contributed by atoms with Gasteiger partial charge in [0.15, 0.2) is 0 Å². The molecule has 0 aliphatic heterocycles. The van der Waals surface area contributed by atoms with E-state index in [1.807, 2.05) is 0 Å². The normalized spacial score (nSPS) is 10.9. The minimum atomic E-state index is -3.67. The van der Waals surface area contributed by atoms with Gasteiger partial charge in [0.25, 0.3) is 20.2 Å². The maximum Gasteiger partial charge on any atom is 0.261 e. The summed E-state index contributed by atoms with van der Waals surface area (Å²) >= 11 is 0. The number of hydrogen-bond donors (Lipinski definition) is 4. The van der Waals surface area contributed by atoms with E-state index in [-0.39, 0.29) is 0 Å². The molecular weight excluding hydrogens is 308 g/mol. The molecule has 0 aliphatic rings. The van der Waals surface area contributed by atoms with Crippen LogP contribution in [0.4, 0.5) is 0 Å². The Morgan fingerprint density at radius 2 is 0.800 bits per heavy atom. The molecule has 0 fully saturated rings. The Labute approximate surface area is 122 Å². The van der Waals surface area contributed by atoms with E-state index in [1.165, 1.54) is 38.5 Å². The Bertz CT molecular complexity index is 327. The second kappa shape index (κ2) is 15.1. The van der Waals surface area contributed by atoms with Gasteiger partial charge >= 0.3 is 0 Å². The van der Waals surface area contributed by atoms with Crippen molar-refractivity contribution in [2.45, 2.75) is 38.5 Å². The highest BCUT2D eigenvalue weighted by Crippen LogP contribution is 2.03. The molecule has 0 heterocycles. The molecule has 0 radical (unpaired) electrons. The van der Waals surface area contributed by atoms with Gasteiger partial charge in [0.2, 0.25) is 0 Å². The van der Waals surface area contributed by atoms with Crippen LogP contribution in [0.2, 0.25) is 0 Å². The van der Waals surface area contributed by atoms with Crippen molar-refractivity contribution in [3.05, 3.63) is 0 Å². The molecule has 10 heteroatoms. The van der Waals surface area contributed by atoms with Gasteiger partial charge in [0, 0.05) is 0 Å². The fourth-order valence-corrected chi connectivity index (χ4v) is 0.996. The van der Waals surface area contributed by atoms with E-state index in [0.29, 0.717) is 12.5 Å². The van der Waals surface area contributed by atoms with E-state index >= 15 is 0 Å². The van der Waals surface area contributed by atoms with Crippen molar-refractivity contribution in [3.63, 3.8) is 0 Å². The highest BCUT2D eigenvalue weighted by Gasteiger charge is 1.87. The van der Waals surface area contributed by atoms with Gasteiger partial charge in [-0.1, -0.05) is 25.7 Å². The number of nitrogens with two attached hydrogens (primary N) is 2. The lowest BCUT2D eigenvalue weighted by molar-refractivity contribution is 0.488. The Kier molecular flexibility index (Phi) is 18.7. The van der Waals surface area contributed by atoms with Crippen LogP contribution in [0, 0.1) is 0 Å². The molecule has 8 nitrogen and oxygen atoms in total. The summed E-state index contributed by atoms with van der Waals surface area (Å²) in [4.78, 5) is 0. The first-order valence-corrected chi connectivity index (χ1v) is 9.86. The van der Waals surface area contributed by atoms with Gasteiger partial charge in [-0.05, 0) is 25.9 Å². The predicted molar refractivity (Wildman–Crippen MR) is 80.8 cm³/mol. The van der Waals surface area contributed by atoms with Crippen molar-refractivity contribution >= 4 is 20.2 Å². The molecule has 0 unspecified atom stereocenters. The second-order valence-electron chi connectivity index (χ2n) is 4.16. The SMILES string of the molecule is CS(=O)(=O)O.CS(=O)(=O)O.NCCCCCCCCN. The van der Waals surface area contributed by atoms with Gasteiger partial charge in [0.1, 0.15) is 0 Å².